The Labute approximate surface area is 151 Å². The maximum atomic E-state index is 11.1. The summed E-state index contributed by atoms with van der Waals surface area (Å²) >= 11 is 11.4. The van der Waals surface area contributed by atoms with E-state index in [-0.39, 0.29) is 10.2 Å². The summed E-state index contributed by atoms with van der Waals surface area (Å²) in [7, 11) is 0. The summed E-state index contributed by atoms with van der Waals surface area (Å²) in [6, 6.07) is 12.0. The minimum absolute atomic E-state index is 0.0110. The fourth-order valence-electron chi connectivity index (χ4n) is 1.89. The minimum atomic E-state index is -0.739. The van der Waals surface area contributed by atoms with Crippen LogP contribution in [0, 0.1) is 20.2 Å². The smallest absolute Gasteiger partial charge is 0.271 e. The van der Waals surface area contributed by atoms with Gasteiger partial charge in [-0.25, -0.2) is 0 Å². The van der Waals surface area contributed by atoms with Crippen LogP contribution in [-0.2, 0) is 0 Å². The van der Waals surface area contributed by atoms with Crippen molar-refractivity contribution in [2.45, 2.75) is 0 Å². The Morgan fingerprint density at radius 1 is 1.04 bits per heavy atom. The molecule has 2 aromatic carbocycles. The Bertz CT molecular complexity index is 865. The lowest BCUT2D eigenvalue weighted by molar-refractivity contribution is -0.393. The predicted molar refractivity (Wildman–Crippen MR) is 96.1 cm³/mol. The van der Waals surface area contributed by atoms with Crippen molar-refractivity contribution in [2.24, 2.45) is 5.10 Å². The van der Waals surface area contributed by atoms with Gasteiger partial charge in [0.25, 0.3) is 5.69 Å². The maximum Gasteiger partial charge on any atom is 0.301 e. The monoisotopic (exact) mass is 380 g/mol. The number of nitrogens with one attached hydrogen (secondary N) is 1. The highest BCUT2D eigenvalue weighted by atomic mass is 35.5. The Morgan fingerprint density at radius 3 is 2.28 bits per heavy atom. The van der Waals surface area contributed by atoms with Crippen LogP contribution < -0.4 is 5.43 Å². The van der Waals surface area contributed by atoms with Crippen molar-refractivity contribution in [1.29, 1.82) is 0 Å². The summed E-state index contributed by atoms with van der Waals surface area (Å²) in [5.74, 6) is 0. The van der Waals surface area contributed by atoms with Crippen molar-refractivity contribution in [3.8, 4) is 0 Å². The van der Waals surface area contributed by atoms with Crippen molar-refractivity contribution in [2.75, 3.05) is 5.43 Å². The molecule has 0 amide bonds. The fourth-order valence-corrected chi connectivity index (χ4v) is 2.10. The van der Waals surface area contributed by atoms with E-state index in [1.165, 1.54) is 12.1 Å². The number of halogens is 2. The second kappa shape index (κ2) is 8.22. The molecule has 128 valence electrons. The molecule has 0 heterocycles. The van der Waals surface area contributed by atoms with E-state index in [4.69, 9.17) is 23.2 Å². The van der Waals surface area contributed by atoms with Gasteiger partial charge in [0.05, 0.1) is 21.6 Å². The SMILES string of the molecule is O=[N+]([O-])c1ccc(N/N=C(\C=C(Cl)Cl)c2ccccc2)c([N+](=O)[O-])c1. The summed E-state index contributed by atoms with van der Waals surface area (Å²) in [6.45, 7) is 0. The molecule has 0 aliphatic rings. The summed E-state index contributed by atoms with van der Waals surface area (Å²) in [5, 5.41) is 26.0. The van der Waals surface area contributed by atoms with Crippen molar-refractivity contribution in [3.05, 3.63) is 84.9 Å². The van der Waals surface area contributed by atoms with E-state index in [9.17, 15) is 20.2 Å². The maximum absolute atomic E-state index is 11.1. The first-order chi connectivity index (χ1) is 11.9. The largest absolute Gasteiger partial charge is 0.301 e. The first kappa shape index (κ1) is 18.4. The summed E-state index contributed by atoms with van der Waals surface area (Å²) in [4.78, 5) is 20.4. The highest BCUT2D eigenvalue weighted by molar-refractivity contribution is 6.57. The first-order valence-corrected chi connectivity index (χ1v) is 7.48. The summed E-state index contributed by atoms with van der Waals surface area (Å²) in [6.07, 6.45) is 1.36. The van der Waals surface area contributed by atoms with Crippen LogP contribution in [0.3, 0.4) is 0 Å². The lowest BCUT2D eigenvalue weighted by Crippen LogP contribution is -2.03. The summed E-state index contributed by atoms with van der Waals surface area (Å²) < 4.78 is -0.0531. The molecule has 0 aliphatic heterocycles. The Kier molecular flexibility index (Phi) is 6.04. The lowest BCUT2D eigenvalue weighted by atomic mass is 10.1. The zero-order chi connectivity index (χ0) is 18.4. The van der Waals surface area contributed by atoms with E-state index in [2.05, 4.69) is 10.5 Å². The van der Waals surface area contributed by atoms with Gasteiger partial charge >= 0.3 is 5.69 Å². The van der Waals surface area contributed by atoms with E-state index >= 15 is 0 Å². The molecule has 0 saturated carbocycles. The first-order valence-electron chi connectivity index (χ1n) is 6.73. The van der Waals surface area contributed by atoms with Crippen molar-refractivity contribution < 1.29 is 9.85 Å². The lowest BCUT2D eigenvalue weighted by Gasteiger charge is -2.05. The number of rotatable bonds is 6. The molecule has 10 heteroatoms. The molecular formula is C15H10Cl2N4O4. The van der Waals surface area contributed by atoms with Crippen LogP contribution in [0.15, 0.2) is 64.2 Å². The number of nitrogens with zero attached hydrogens (tertiary/aromatic N) is 3. The standard InChI is InChI=1S/C15H10Cl2N4O4/c16-15(17)9-13(10-4-2-1-3-5-10)19-18-12-7-6-11(20(22)23)8-14(12)21(24)25/h1-9,18H/b19-13+. The number of hydrogen-bond donors (Lipinski definition) is 1. The molecule has 2 aromatic rings. The van der Waals surface area contributed by atoms with E-state index in [0.29, 0.717) is 11.3 Å². The van der Waals surface area contributed by atoms with Gasteiger partial charge in [0.1, 0.15) is 10.2 Å². The number of anilines is 1. The van der Waals surface area contributed by atoms with Crippen LogP contribution in [0.1, 0.15) is 5.56 Å². The second-order valence-corrected chi connectivity index (χ2v) is 5.63. The van der Waals surface area contributed by atoms with Gasteiger partial charge in [0.15, 0.2) is 0 Å². The Morgan fingerprint density at radius 2 is 1.72 bits per heavy atom. The third-order valence-electron chi connectivity index (χ3n) is 3.00. The quantitative estimate of drug-likeness (QED) is 0.445. The van der Waals surface area contributed by atoms with Crippen LogP contribution in [0.5, 0.6) is 0 Å². The molecular weight excluding hydrogens is 371 g/mol. The zero-order valence-electron chi connectivity index (χ0n) is 12.4. The van der Waals surface area contributed by atoms with Crippen LogP contribution in [0.2, 0.25) is 0 Å². The van der Waals surface area contributed by atoms with Gasteiger partial charge in [0.2, 0.25) is 0 Å². The van der Waals surface area contributed by atoms with Crippen LogP contribution in [0.4, 0.5) is 17.1 Å². The normalized spacial score (nSPS) is 10.9. The van der Waals surface area contributed by atoms with E-state index in [1.54, 1.807) is 24.3 Å². The van der Waals surface area contributed by atoms with Crippen LogP contribution in [0.25, 0.3) is 0 Å². The average Bonchev–Trinajstić information content (AvgIpc) is 2.58. The third-order valence-corrected chi connectivity index (χ3v) is 3.22. The molecule has 0 radical (unpaired) electrons. The molecule has 0 unspecified atom stereocenters. The van der Waals surface area contributed by atoms with Gasteiger partial charge in [0, 0.05) is 11.6 Å². The molecule has 0 saturated heterocycles. The van der Waals surface area contributed by atoms with Gasteiger partial charge in [-0.3, -0.25) is 25.7 Å². The minimum Gasteiger partial charge on any atom is -0.271 e. The second-order valence-electron chi connectivity index (χ2n) is 4.62. The predicted octanol–water partition coefficient (Wildman–Crippen LogP) is 4.64. The number of nitro groups is 2. The van der Waals surface area contributed by atoms with Gasteiger partial charge in [-0.1, -0.05) is 53.5 Å². The summed E-state index contributed by atoms with van der Waals surface area (Å²) in [5.41, 5.74) is 2.63. The molecule has 0 fully saturated rings. The molecule has 0 aliphatic carbocycles. The molecule has 0 atom stereocenters. The van der Waals surface area contributed by atoms with E-state index in [1.807, 2.05) is 6.07 Å². The van der Waals surface area contributed by atoms with Crippen molar-refractivity contribution in [3.63, 3.8) is 0 Å². The molecule has 0 aromatic heterocycles. The number of nitro benzene ring substituents is 2. The van der Waals surface area contributed by atoms with Gasteiger partial charge in [-0.2, -0.15) is 5.10 Å². The van der Waals surface area contributed by atoms with Gasteiger partial charge in [-0.15, -0.1) is 0 Å². The molecule has 1 N–H and O–H groups in total. The number of allylic oxidation sites excluding steroid dienone is 1. The van der Waals surface area contributed by atoms with Crippen LogP contribution >= 0.6 is 23.2 Å². The molecule has 0 bridgehead atoms. The van der Waals surface area contributed by atoms with E-state index < -0.39 is 21.2 Å². The number of benzene rings is 2. The molecule has 25 heavy (non-hydrogen) atoms. The van der Waals surface area contributed by atoms with Gasteiger partial charge in [-0.05, 0) is 12.1 Å². The Hall–Kier alpha value is -2.97. The van der Waals surface area contributed by atoms with Crippen molar-refractivity contribution in [1.82, 2.24) is 0 Å². The fraction of sp³-hybridized carbons (Fsp3) is 0. The van der Waals surface area contributed by atoms with E-state index in [0.717, 1.165) is 12.1 Å². The van der Waals surface area contributed by atoms with Crippen molar-refractivity contribution >= 4 is 46.0 Å². The topological polar surface area (TPSA) is 111 Å². The molecule has 2 rings (SSSR count). The number of non-ortho nitro benzene ring substituents is 1. The van der Waals surface area contributed by atoms with Gasteiger partial charge < -0.3 is 0 Å². The molecule has 0 spiro atoms. The highest BCUT2D eigenvalue weighted by Crippen LogP contribution is 2.29. The molecule has 8 nitrogen and oxygen atoms in total. The number of hydrogen-bond acceptors (Lipinski definition) is 6. The van der Waals surface area contributed by atoms with Crippen LogP contribution in [-0.4, -0.2) is 15.6 Å². The highest BCUT2D eigenvalue weighted by Gasteiger charge is 2.19. The Balaban J connectivity index is 2.42. The average molecular weight is 381 g/mol. The third kappa shape index (κ3) is 5.00. The number of hydrazone groups is 1. The zero-order valence-corrected chi connectivity index (χ0v) is 13.9.